The molecule has 0 saturated heterocycles. The third-order valence-electron chi connectivity index (χ3n) is 3.92. The molecule has 1 N–H and O–H groups in total. The zero-order valence-electron chi connectivity index (χ0n) is 13.6. The topological polar surface area (TPSA) is 42.4 Å². The molecule has 1 aromatic rings. The van der Waals surface area contributed by atoms with Crippen molar-refractivity contribution in [3.63, 3.8) is 0 Å². The standard InChI is InChI=1S/C16H26ClNO2Si/c1-16(2,3)21(4,5)20-15(9-11-19)14(17)12-13-8-6-7-10-18-13/h6-8,10,12,15,19H,9,11H2,1-5H3/b14-12+/t15-/m0/s1. The number of pyridine rings is 1. The third-order valence-corrected chi connectivity index (χ3v) is 8.75. The second kappa shape index (κ2) is 7.54. The monoisotopic (exact) mass is 327 g/mol. The Morgan fingerprint density at radius 2 is 2.10 bits per heavy atom. The van der Waals surface area contributed by atoms with E-state index >= 15 is 0 Å². The molecule has 0 aromatic carbocycles. The average molecular weight is 328 g/mol. The van der Waals surface area contributed by atoms with Crippen molar-refractivity contribution in [1.29, 1.82) is 0 Å². The van der Waals surface area contributed by atoms with Gasteiger partial charge in [-0.2, -0.15) is 0 Å². The van der Waals surface area contributed by atoms with Crippen LogP contribution in [0.2, 0.25) is 18.1 Å². The molecular weight excluding hydrogens is 302 g/mol. The first-order chi connectivity index (χ1) is 9.67. The van der Waals surface area contributed by atoms with Crippen molar-refractivity contribution in [1.82, 2.24) is 4.98 Å². The van der Waals surface area contributed by atoms with E-state index in [1.165, 1.54) is 0 Å². The van der Waals surface area contributed by atoms with Crippen molar-refractivity contribution in [2.75, 3.05) is 6.61 Å². The lowest BCUT2D eigenvalue weighted by molar-refractivity contribution is 0.172. The highest BCUT2D eigenvalue weighted by molar-refractivity contribution is 6.74. The summed E-state index contributed by atoms with van der Waals surface area (Å²) >= 11 is 6.42. The maximum atomic E-state index is 9.29. The number of aliphatic hydroxyl groups is 1. The minimum absolute atomic E-state index is 0.0472. The van der Waals surface area contributed by atoms with Gasteiger partial charge in [0.25, 0.3) is 0 Å². The van der Waals surface area contributed by atoms with Gasteiger partial charge in [0, 0.05) is 24.3 Å². The Hall–Kier alpha value is -0.683. The van der Waals surface area contributed by atoms with Crippen LogP contribution in [-0.2, 0) is 4.43 Å². The molecule has 0 aliphatic heterocycles. The summed E-state index contributed by atoms with van der Waals surface area (Å²) in [5, 5.41) is 9.98. The van der Waals surface area contributed by atoms with Gasteiger partial charge in [0.1, 0.15) is 0 Å². The van der Waals surface area contributed by atoms with E-state index in [0.717, 1.165) is 5.69 Å². The molecule has 0 radical (unpaired) electrons. The van der Waals surface area contributed by atoms with Gasteiger partial charge in [-0.05, 0) is 36.3 Å². The summed E-state index contributed by atoms with van der Waals surface area (Å²) in [5.74, 6) is 0. The maximum absolute atomic E-state index is 9.29. The zero-order chi connectivity index (χ0) is 16.1. The van der Waals surface area contributed by atoms with Crippen LogP contribution in [-0.4, -0.2) is 31.1 Å². The van der Waals surface area contributed by atoms with Gasteiger partial charge in [-0.3, -0.25) is 4.98 Å². The van der Waals surface area contributed by atoms with Gasteiger partial charge in [0.05, 0.1) is 11.8 Å². The fourth-order valence-electron chi connectivity index (χ4n) is 1.60. The highest BCUT2D eigenvalue weighted by atomic mass is 35.5. The van der Waals surface area contributed by atoms with Gasteiger partial charge in [-0.15, -0.1) is 0 Å². The van der Waals surface area contributed by atoms with Gasteiger partial charge in [0.2, 0.25) is 0 Å². The van der Waals surface area contributed by atoms with Gasteiger partial charge in [0.15, 0.2) is 8.32 Å². The largest absolute Gasteiger partial charge is 0.409 e. The second-order valence-electron chi connectivity index (χ2n) is 6.66. The molecule has 118 valence electrons. The summed E-state index contributed by atoms with van der Waals surface area (Å²) in [6.07, 6.45) is 3.76. The maximum Gasteiger partial charge on any atom is 0.192 e. The molecule has 0 fully saturated rings. The van der Waals surface area contributed by atoms with E-state index in [9.17, 15) is 5.11 Å². The Bertz CT molecular complexity index is 469. The molecule has 0 aliphatic rings. The molecule has 0 aliphatic carbocycles. The van der Waals surface area contributed by atoms with E-state index < -0.39 is 8.32 Å². The van der Waals surface area contributed by atoms with Gasteiger partial charge in [-0.1, -0.05) is 38.4 Å². The lowest BCUT2D eigenvalue weighted by Crippen LogP contribution is -2.44. The quantitative estimate of drug-likeness (QED) is 0.786. The molecule has 3 nitrogen and oxygen atoms in total. The SMILES string of the molecule is CC(C)(C)[Si](C)(C)O[C@@H](CCO)/C(Cl)=C\c1ccccn1. The summed E-state index contributed by atoms with van der Waals surface area (Å²) in [6.45, 7) is 11.0. The summed E-state index contributed by atoms with van der Waals surface area (Å²) in [4.78, 5) is 4.24. The normalized spacial score (nSPS) is 15.1. The smallest absolute Gasteiger partial charge is 0.192 e. The van der Waals surface area contributed by atoms with Crippen molar-refractivity contribution < 1.29 is 9.53 Å². The first kappa shape index (κ1) is 18.4. The predicted octanol–water partition coefficient (Wildman–Crippen LogP) is 4.43. The first-order valence-electron chi connectivity index (χ1n) is 7.24. The molecule has 1 atom stereocenters. The van der Waals surface area contributed by atoms with Crippen LogP contribution >= 0.6 is 11.6 Å². The molecule has 1 rings (SSSR count). The molecule has 0 unspecified atom stereocenters. The van der Waals surface area contributed by atoms with Crippen molar-refractivity contribution in [3.8, 4) is 0 Å². The van der Waals surface area contributed by atoms with E-state index in [2.05, 4.69) is 38.8 Å². The molecule has 5 heteroatoms. The highest BCUT2D eigenvalue weighted by Gasteiger charge is 2.39. The van der Waals surface area contributed by atoms with E-state index in [1.807, 2.05) is 24.3 Å². The Kier molecular flexibility index (Phi) is 6.59. The van der Waals surface area contributed by atoms with Crippen molar-refractivity contribution >= 4 is 26.0 Å². The van der Waals surface area contributed by atoms with E-state index in [-0.39, 0.29) is 17.7 Å². The Morgan fingerprint density at radius 3 is 2.57 bits per heavy atom. The molecule has 1 heterocycles. The molecular formula is C16H26ClNO2Si. The van der Waals surface area contributed by atoms with E-state index in [0.29, 0.717) is 11.5 Å². The number of hydrogen-bond acceptors (Lipinski definition) is 3. The van der Waals surface area contributed by atoms with Crippen LogP contribution in [0.25, 0.3) is 6.08 Å². The predicted molar refractivity (Wildman–Crippen MR) is 91.8 cm³/mol. The number of aliphatic hydroxyl groups excluding tert-OH is 1. The Labute approximate surface area is 134 Å². The molecule has 0 saturated carbocycles. The number of aromatic nitrogens is 1. The van der Waals surface area contributed by atoms with Gasteiger partial charge in [-0.25, -0.2) is 0 Å². The van der Waals surface area contributed by atoms with E-state index in [4.69, 9.17) is 16.0 Å². The molecule has 0 amide bonds. The third kappa shape index (κ3) is 5.55. The average Bonchev–Trinajstić information content (AvgIpc) is 2.37. The zero-order valence-corrected chi connectivity index (χ0v) is 15.3. The Balaban J connectivity index is 2.94. The molecule has 21 heavy (non-hydrogen) atoms. The van der Waals surface area contributed by atoms with Crippen LogP contribution in [0.5, 0.6) is 0 Å². The van der Waals surface area contributed by atoms with E-state index in [1.54, 1.807) is 6.20 Å². The molecule has 0 spiro atoms. The van der Waals surface area contributed by atoms with Crippen LogP contribution in [0.4, 0.5) is 0 Å². The van der Waals surface area contributed by atoms with Gasteiger partial charge >= 0.3 is 0 Å². The lowest BCUT2D eigenvalue weighted by atomic mass is 10.2. The van der Waals surface area contributed by atoms with Crippen molar-refractivity contribution in [2.45, 2.75) is 51.4 Å². The minimum atomic E-state index is -1.94. The fourth-order valence-corrected chi connectivity index (χ4v) is 3.25. The van der Waals surface area contributed by atoms with Gasteiger partial charge < -0.3 is 9.53 Å². The van der Waals surface area contributed by atoms with Crippen LogP contribution in [0, 0.1) is 0 Å². The highest BCUT2D eigenvalue weighted by Crippen LogP contribution is 2.38. The molecule has 1 aromatic heterocycles. The number of rotatable bonds is 6. The summed E-state index contributed by atoms with van der Waals surface area (Å²) < 4.78 is 6.33. The number of halogens is 1. The van der Waals surface area contributed by atoms with Crippen LogP contribution in [0.15, 0.2) is 29.4 Å². The molecule has 0 bridgehead atoms. The summed E-state index contributed by atoms with van der Waals surface area (Å²) in [5.41, 5.74) is 0.796. The fraction of sp³-hybridized carbons (Fsp3) is 0.562. The second-order valence-corrected chi connectivity index (χ2v) is 11.9. The first-order valence-corrected chi connectivity index (χ1v) is 10.5. The summed E-state index contributed by atoms with van der Waals surface area (Å²) in [7, 11) is -1.94. The Morgan fingerprint density at radius 1 is 1.43 bits per heavy atom. The lowest BCUT2D eigenvalue weighted by Gasteiger charge is -2.39. The number of nitrogens with zero attached hydrogens (tertiary/aromatic N) is 1. The van der Waals surface area contributed by atoms with Crippen LogP contribution < -0.4 is 0 Å². The minimum Gasteiger partial charge on any atom is -0.409 e. The van der Waals surface area contributed by atoms with Crippen LogP contribution in [0.3, 0.4) is 0 Å². The van der Waals surface area contributed by atoms with Crippen LogP contribution in [0.1, 0.15) is 32.9 Å². The van der Waals surface area contributed by atoms with Crippen molar-refractivity contribution in [2.24, 2.45) is 0 Å². The summed E-state index contributed by atoms with van der Waals surface area (Å²) in [6, 6.07) is 5.67. The number of hydrogen-bond donors (Lipinski definition) is 1. The van der Waals surface area contributed by atoms with Crippen molar-refractivity contribution in [3.05, 3.63) is 35.1 Å².